The standard InChI is InChI=1S/C18H11F2N5/c19-12-2-1-3-13(9-12)25-16(6-7-22-25)17(20)18-23-14-5-4-11(10-21)8-15(14)24-18/h1-9,17H,(H,23,24). The van der Waals surface area contributed by atoms with Gasteiger partial charge in [-0.05, 0) is 42.5 Å². The Balaban J connectivity index is 1.76. The number of hydrogen-bond acceptors (Lipinski definition) is 3. The number of H-pyrrole nitrogens is 1. The quantitative estimate of drug-likeness (QED) is 0.619. The van der Waals surface area contributed by atoms with Crippen molar-refractivity contribution in [3.05, 3.63) is 77.6 Å². The van der Waals surface area contributed by atoms with Crippen molar-refractivity contribution in [1.29, 1.82) is 5.26 Å². The fourth-order valence-corrected chi connectivity index (χ4v) is 2.69. The van der Waals surface area contributed by atoms with Crippen molar-refractivity contribution in [2.45, 2.75) is 6.17 Å². The van der Waals surface area contributed by atoms with Crippen LogP contribution in [0.5, 0.6) is 0 Å². The molecule has 2 aromatic heterocycles. The van der Waals surface area contributed by atoms with Gasteiger partial charge in [0, 0.05) is 6.20 Å². The number of imidazole rings is 1. The molecular weight excluding hydrogens is 324 g/mol. The molecule has 2 aromatic carbocycles. The summed E-state index contributed by atoms with van der Waals surface area (Å²) in [5, 5.41) is 13.0. The number of hydrogen-bond donors (Lipinski definition) is 1. The number of nitriles is 1. The summed E-state index contributed by atoms with van der Waals surface area (Å²) in [6.45, 7) is 0. The van der Waals surface area contributed by atoms with Gasteiger partial charge in [0.25, 0.3) is 0 Å². The molecule has 0 aliphatic heterocycles. The van der Waals surface area contributed by atoms with E-state index < -0.39 is 12.0 Å². The molecule has 122 valence electrons. The molecule has 4 rings (SSSR count). The van der Waals surface area contributed by atoms with Crippen molar-refractivity contribution in [3.8, 4) is 11.8 Å². The van der Waals surface area contributed by atoms with E-state index in [1.807, 2.05) is 6.07 Å². The highest BCUT2D eigenvalue weighted by Crippen LogP contribution is 2.27. The summed E-state index contributed by atoms with van der Waals surface area (Å²) in [6, 6.07) is 14.2. The van der Waals surface area contributed by atoms with E-state index in [1.165, 1.54) is 35.1 Å². The predicted octanol–water partition coefficient (Wildman–Crippen LogP) is 3.82. The third kappa shape index (κ3) is 2.64. The summed E-state index contributed by atoms with van der Waals surface area (Å²) in [5.74, 6) is -0.328. The largest absolute Gasteiger partial charge is 0.339 e. The average Bonchev–Trinajstić information content (AvgIpc) is 3.27. The molecule has 0 amide bonds. The maximum Gasteiger partial charge on any atom is 0.199 e. The molecule has 0 saturated carbocycles. The van der Waals surface area contributed by atoms with Gasteiger partial charge in [0.05, 0.1) is 34.0 Å². The van der Waals surface area contributed by atoms with Gasteiger partial charge in [0.1, 0.15) is 11.6 Å². The lowest BCUT2D eigenvalue weighted by atomic mass is 10.2. The normalized spacial score (nSPS) is 12.2. The van der Waals surface area contributed by atoms with Gasteiger partial charge >= 0.3 is 0 Å². The Morgan fingerprint density at radius 3 is 2.84 bits per heavy atom. The predicted molar refractivity (Wildman–Crippen MR) is 87.3 cm³/mol. The molecule has 25 heavy (non-hydrogen) atoms. The Morgan fingerprint density at radius 1 is 1.16 bits per heavy atom. The third-order valence-electron chi connectivity index (χ3n) is 3.85. The molecule has 1 N–H and O–H groups in total. The van der Waals surface area contributed by atoms with Crippen LogP contribution in [0.3, 0.4) is 0 Å². The topological polar surface area (TPSA) is 70.3 Å². The van der Waals surface area contributed by atoms with E-state index in [2.05, 4.69) is 15.1 Å². The summed E-state index contributed by atoms with van der Waals surface area (Å²) in [7, 11) is 0. The molecule has 0 aliphatic rings. The van der Waals surface area contributed by atoms with Crippen LogP contribution < -0.4 is 0 Å². The number of benzene rings is 2. The summed E-state index contributed by atoms with van der Waals surface area (Å²) in [6.07, 6.45) is -0.132. The van der Waals surface area contributed by atoms with Crippen molar-refractivity contribution >= 4 is 11.0 Å². The van der Waals surface area contributed by atoms with Crippen LogP contribution >= 0.6 is 0 Å². The zero-order chi connectivity index (χ0) is 17.4. The molecule has 1 unspecified atom stereocenters. The van der Waals surface area contributed by atoms with Gasteiger partial charge in [-0.1, -0.05) is 6.07 Å². The SMILES string of the molecule is N#Cc1ccc2nc(C(F)c3ccnn3-c3cccc(F)c3)[nH]c2c1. The Kier molecular flexibility index (Phi) is 3.51. The van der Waals surface area contributed by atoms with Crippen molar-refractivity contribution in [2.75, 3.05) is 0 Å². The maximum atomic E-state index is 15.1. The molecule has 0 aliphatic carbocycles. The second kappa shape index (κ2) is 5.83. The zero-order valence-electron chi connectivity index (χ0n) is 12.8. The van der Waals surface area contributed by atoms with E-state index in [0.29, 0.717) is 22.3 Å². The fourth-order valence-electron chi connectivity index (χ4n) is 2.69. The van der Waals surface area contributed by atoms with Crippen LogP contribution in [0.15, 0.2) is 54.7 Å². The van der Waals surface area contributed by atoms with Gasteiger partial charge in [-0.25, -0.2) is 18.4 Å². The zero-order valence-corrected chi connectivity index (χ0v) is 12.8. The average molecular weight is 335 g/mol. The van der Waals surface area contributed by atoms with Crippen LogP contribution in [0.1, 0.15) is 23.3 Å². The minimum atomic E-state index is -1.58. The maximum absolute atomic E-state index is 15.1. The minimum Gasteiger partial charge on any atom is -0.339 e. The van der Waals surface area contributed by atoms with Crippen LogP contribution in [0.2, 0.25) is 0 Å². The second-order valence-electron chi connectivity index (χ2n) is 5.48. The van der Waals surface area contributed by atoms with Crippen molar-refractivity contribution in [3.63, 3.8) is 0 Å². The summed E-state index contributed by atoms with van der Waals surface area (Å²) < 4.78 is 29.8. The fraction of sp³-hybridized carbons (Fsp3) is 0.0556. The minimum absolute atomic E-state index is 0.100. The second-order valence-corrected chi connectivity index (χ2v) is 5.48. The highest BCUT2D eigenvalue weighted by Gasteiger charge is 2.22. The molecular formula is C18H11F2N5. The van der Waals surface area contributed by atoms with Crippen molar-refractivity contribution < 1.29 is 8.78 Å². The molecule has 0 spiro atoms. The monoisotopic (exact) mass is 335 g/mol. The summed E-state index contributed by atoms with van der Waals surface area (Å²) >= 11 is 0. The van der Waals surface area contributed by atoms with Gasteiger partial charge < -0.3 is 4.98 Å². The van der Waals surface area contributed by atoms with Gasteiger partial charge in [0.15, 0.2) is 6.17 Å². The Hall–Kier alpha value is -3.53. The van der Waals surface area contributed by atoms with E-state index in [-0.39, 0.29) is 11.5 Å². The van der Waals surface area contributed by atoms with E-state index in [0.717, 1.165) is 0 Å². The van der Waals surface area contributed by atoms with E-state index in [1.54, 1.807) is 24.3 Å². The Bertz CT molecular complexity index is 1110. The first-order chi connectivity index (χ1) is 12.2. The number of nitrogens with one attached hydrogen (secondary N) is 1. The lowest BCUT2D eigenvalue weighted by Gasteiger charge is -2.10. The number of aromatic nitrogens is 4. The smallest absolute Gasteiger partial charge is 0.199 e. The van der Waals surface area contributed by atoms with Gasteiger partial charge in [-0.2, -0.15) is 10.4 Å². The summed E-state index contributed by atoms with van der Waals surface area (Å²) in [4.78, 5) is 7.14. The molecule has 0 saturated heterocycles. The van der Waals surface area contributed by atoms with Gasteiger partial charge in [-0.15, -0.1) is 0 Å². The van der Waals surface area contributed by atoms with Gasteiger partial charge in [0.2, 0.25) is 0 Å². The number of fused-ring (bicyclic) bond motifs is 1. The van der Waals surface area contributed by atoms with E-state index in [4.69, 9.17) is 5.26 Å². The Morgan fingerprint density at radius 2 is 2.04 bits per heavy atom. The third-order valence-corrected chi connectivity index (χ3v) is 3.85. The van der Waals surface area contributed by atoms with Crippen LogP contribution in [0, 0.1) is 17.1 Å². The molecule has 1 atom stereocenters. The van der Waals surface area contributed by atoms with E-state index in [9.17, 15) is 4.39 Å². The van der Waals surface area contributed by atoms with Gasteiger partial charge in [-0.3, -0.25) is 0 Å². The van der Waals surface area contributed by atoms with E-state index >= 15 is 4.39 Å². The number of aromatic amines is 1. The number of nitrogens with zero attached hydrogens (tertiary/aromatic N) is 4. The highest BCUT2D eigenvalue weighted by molar-refractivity contribution is 5.76. The van der Waals surface area contributed by atoms with Crippen molar-refractivity contribution in [1.82, 2.24) is 19.7 Å². The number of rotatable bonds is 3. The van der Waals surface area contributed by atoms with Crippen LogP contribution in [0.4, 0.5) is 8.78 Å². The molecule has 5 nitrogen and oxygen atoms in total. The molecule has 2 heterocycles. The highest BCUT2D eigenvalue weighted by atomic mass is 19.1. The number of halogens is 2. The lowest BCUT2D eigenvalue weighted by molar-refractivity contribution is 0.371. The molecule has 0 radical (unpaired) electrons. The van der Waals surface area contributed by atoms with Crippen LogP contribution in [0.25, 0.3) is 16.7 Å². The lowest BCUT2D eigenvalue weighted by Crippen LogP contribution is -2.07. The molecule has 0 bridgehead atoms. The van der Waals surface area contributed by atoms with Crippen LogP contribution in [-0.4, -0.2) is 19.7 Å². The first kappa shape index (κ1) is 15.0. The first-order valence-electron chi connectivity index (χ1n) is 7.49. The van der Waals surface area contributed by atoms with Crippen molar-refractivity contribution in [2.24, 2.45) is 0 Å². The molecule has 0 fully saturated rings. The first-order valence-corrected chi connectivity index (χ1v) is 7.49. The summed E-state index contributed by atoms with van der Waals surface area (Å²) in [5.41, 5.74) is 2.25. The Labute approximate surface area is 141 Å². The number of alkyl halides is 1. The van der Waals surface area contributed by atoms with Crippen LogP contribution in [-0.2, 0) is 0 Å². The molecule has 7 heteroatoms. The molecule has 4 aromatic rings.